The maximum Gasteiger partial charge on any atom is 0.223 e. The second-order valence-corrected chi connectivity index (χ2v) is 11.4. The fraction of sp³-hybridized carbons (Fsp3) is 0.767. The molecule has 1 aromatic rings. The summed E-state index contributed by atoms with van der Waals surface area (Å²) >= 11 is 0. The average molecular weight is 521 g/mol. The Morgan fingerprint density at radius 2 is 1.95 bits per heavy atom. The van der Waals surface area contributed by atoms with Gasteiger partial charge in [-0.1, -0.05) is 39.8 Å². The smallest absolute Gasteiger partial charge is 0.223 e. The van der Waals surface area contributed by atoms with Gasteiger partial charge in [0, 0.05) is 45.2 Å². The van der Waals surface area contributed by atoms with E-state index in [2.05, 4.69) is 44.3 Å². The number of nitrogens with two attached hydrogens (primary N) is 1. The third-order valence-corrected chi connectivity index (χ3v) is 7.68. The summed E-state index contributed by atoms with van der Waals surface area (Å²) < 4.78 is 16.7. The van der Waals surface area contributed by atoms with Crippen molar-refractivity contribution in [1.82, 2.24) is 5.32 Å². The summed E-state index contributed by atoms with van der Waals surface area (Å²) in [6.45, 7) is 13.1. The van der Waals surface area contributed by atoms with Crippen molar-refractivity contribution in [3.63, 3.8) is 0 Å². The molecule has 0 aliphatic carbocycles. The quantitative estimate of drug-likeness (QED) is 0.265. The van der Waals surface area contributed by atoms with Gasteiger partial charge in [0.15, 0.2) is 0 Å². The molecule has 2 rings (SSSR count). The molecule has 3 unspecified atom stereocenters. The number of amides is 1. The molecule has 1 fully saturated rings. The SMILES string of the molecule is COCCCOc1cc(CC(C[C@H](N)C(O)CC(C(=O)NC[C@@H]2CCCO2)C(C)C)C(C)C)ccc1C. The van der Waals surface area contributed by atoms with Crippen LogP contribution in [0.15, 0.2) is 18.2 Å². The van der Waals surface area contributed by atoms with Gasteiger partial charge in [0.25, 0.3) is 0 Å². The largest absolute Gasteiger partial charge is 0.493 e. The van der Waals surface area contributed by atoms with Crippen LogP contribution in [0.4, 0.5) is 0 Å². The van der Waals surface area contributed by atoms with Crippen LogP contribution in [0.25, 0.3) is 0 Å². The van der Waals surface area contributed by atoms with Crippen molar-refractivity contribution in [2.24, 2.45) is 29.4 Å². The Balaban J connectivity index is 1.94. The number of methoxy groups -OCH3 is 1. The minimum Gasteiger partial charge on any atom is -0.493 e. The van der Waals surface area contributed by atoms with Gasteiger partial charge in [-0.25, -0.2) is 0 Å². The van der Waals surface area contributed by atoms with E-state index in [-0.39, 0.29) is 23.8 Å². The molecule has 1 amide bonds. The number of aliphatic hydroxyl groups excluding tert-OH is 1. The zero-order valence-corrected chi connectivity index (χ0v) is 24.0. The van der Waals surface area contributed by atoms with Gasteiger partial charge in [-0.3, -0.25) is 4.79 Å². The summed E-state index contributed by atoms with van der Waals surface area (Å²) in [4.78, 5) is 12.9. The molecule has 1 aromatic carbocycles. The third-order valence-electron chi connectivity index (χ3n) is 7.68. The molecule has 1 aliphatic rings. The monoisotopic (exact) mass is 520 g/mol. The molecule has 7 heteroatoms. The number of benzene rings is 1. The van der Waals surface area contributed by atoms with Crippen molar-refractivity contribution < 1.29 is 24.1 Å². The fourth-order valence-corrected chi connectivity index (χ4v) is 4.98. The van der Waals surface area contributed by atoms with Crippen LogP contribution in [0.1, 0.15) is 70.9 Å². The van der Waals surface area contributed by atoms with Crippen LogP contribution in [0.2, 0.25) is 0 Å². The third kappa shape index (κ3) is 10.9. The predicted molar refractivity (Wildman–Crippen MR) is 149 cm³/mol. The summed E-state index contributed by atoms with van der Waals surface area (Å²) in [5, 5.41) is 14.1. The Morgan fingerprint density at radius 3 is 2.57 bits per heavy atom. The molecule has 37 heavy (non-hydrogen) atoms. The van der Waals surface area contributed by atoms with Crippen LogP contribution in [-0.4, -0.2) is 62.7 Å². The number of nitrogens with one attached hydrogen (secondary N) is 1. The number of aliphatic hydroxyl groups is 1. The predicted octanol–water partition coefficient (Wildman–Crippen LogP) is 4.26. The van der Waals surface area contributed by atoms with Crippen LogP contribution in [0, 0.1) is 30.6 Å². The van der Waals surface area contributed by atoms with E-state index in [1.165, 1.54) is 5.56 Å². The van der Waals surface area contributed by atoms with Crippen LogP contribution < -0.4 is 15.8 Å². The first-order valence-corrected chi connectivity index (χ1v) is 14.2. The second-order valence-electron chi connectivity index (χ2n) is 11.4. The van der Waals surface area contributed by atoms with E-state index in [9.17, 15) is 9.90 Å². The zero-order chi connectivity index (χ0) is 27.4. The number of aryl methyl sites for hydroxylation is 1. The molecule has 4 N–H and O–H groups in total. The Kier molecular flexibility index (Phi) is 13.9. The molecular formula is C30H52N2O5. The number of carbonyl (C=O) groups is 1. The molecule has 0 saturated carbocycles. The van der Waals surface area contributed by atoms with E-state index >= 15 is 0 Å². The Bertz CT molecular complexity index is 794. The van der Waals surface area contributed by atoms with Crippen molar-refractivity contribution in [3.05, 3.63) is 29.3 Å². The van der Waals surface area contributed by atoms with Gasteiger partial charge < -0.3 is 30.4 Å². The first kappa shape index (κ1) is 31.5. The summed E-state index contributed by atoms with van der Waals surface area (Å²) in [6.07, 6.45) is 4.18. The maximum absolute atomic E-state index is 12.9. The average Bonchev–Trinajstić information content (AvgIpc) is 3.38. The highest BCUT2D eigenvalue weighted by atomic mass is 16.5. The van der Waals surface area contributed by atoms with Crippen LogP contribution >= 0.6 is 0 Å². The lowest BCUT2D eigenvalue weighted by molar-refractivity contribution is -0.128. The first-order chi connectivity index (χ1) is 17.6. The van der Waals surface area contributed by atoms with E-state index < -0.39 is 12.1 Å². The highest BCUT2D eigenvalue weighted by Gasteiger charge is 2.30. The standard InChI is InChI=1S/C30H52N2O5/c1-20(2)24(15-23-11-10-22(5)29(16-23)37-14-8-12-35-6)17-27(31)28(33)18-26(21(3)4)30(34)32-19-25-9-7-13-36-25/h10-11,16,20-21,24-28,33H,7-9,12-15,17-19,31H2,1-6H3,(H,32,34)/t24?,25-,26?,27-,28?/m0/s1. The number of ether oxygens (including phenoxy) is 3. The Morgan fingerprint density at radius 1 is 1.19 bits per heavy atom. The minimum atomic E-state index is -0.736. The lowest BCUT2D eigenvalue weighted by Gasteiger charge is -2.30. The Hall–Kier alpha value is -1.67. The molecule has 0 spiro atoms. The van der Waals surface area contributed by atoms with E-state index in [4.69, 9.17) is 19.9 Å². The highest BCUT2D eigenvalue weighted by Crippen LogP contribution is 2.28. The molecule has 1 heterocycles. The van der Waals surface area contributed by atoms with Gasteiger partial charge in [0.05, 0.1) is 18.8 Å². The normalized spacial score (nSPS) is 19.1. The number of rotatable bonds is 17. The van der Waals surface area contributed by atoms with E-state index in [0.717, 1.165) is 43.6 Å². The van der Waals surface area contributed by atoms with Crippen molar-refractivity contribution >= 4 is 5.91 Å². The molecule has 1 saturated heterocycles. The lowest BCUT2D eigenvalue weighted by atomic mass is 9.80. The zero-order valence-electron chi connectivity index (χ0n) is 24.0. The molecule has 1 aliphatic heterocycles. The molecular weight excluding hydrogens is 468 g/mol. The van der Waals surface area contributed by atoms with Gasteiger partial charge in [0.2, 0.25) is 5.91 Å². The van der Waals surface area contributed by atoms with E-state index in [0.29, 0.717) is 44.4 Å². The molecule has 7 nitrogen and oxygen atoms in total. The van der Waals surface area contributed by atoms with Crippen LogP contribution in [-0.2, 0) is 20.7 Å². The maximum atomic E-state index is 12.9. The highest BCUT2D eigenvalue weighted by molar-refractivity contribution is 5.78. The van der Waals surface area contributed by atoms with Gasteiger partial charge in [-0.05, 0) is 74.0 Å². The number of hydrogen-bond donors (Lipinski definition) is 3. The van der Waals surface area contributed by atoms with Crippen molar-refractivity contribution in [2.75, 3.05) is 33.5 Å². The van der Waals surface area contributed by atoms with E-state index in [1.54, 1.807) is 7.11 Å². The molecule has 0 bridgehead atoms. The number of hydrogen-bond acceptors (Lipinski definition) is 6. The summed E-state index contributed by atoms with van der Waals surface area (Å²) in [5.41, 5.74) is 8.87. The molecule has 5 atom stereocenters. The van der Waals surface area contributed by atoms with Gasteiger partial charge in [-0.2, -0.15) is 0 Å². The van der Waals surface area contributed by atoms with Gasteiger partial charge in [-0.15, -0.1) is 0 Å². The molecule has 0 radical (unpaired) electrons. The van der Waals surface area contributed by atoms with Crippen molar-refractivity contribution in [2.45, 2.75) is 91.4 Å². The second kappa shape index (κ2) is 16.3. The fourth-order valence-electron chi connectivity index (χ4n) is 4.98. The first-order valence-electron chi connectivity index (χ1n) is 14.2. The van der Waals surface area contributed by atoms with Crippen LogP contribution in [0.3, 0.4) is 0 Å². The van der Waals surface area contributed by atoms with E-state index in [1.807, 2.05) is 13.8 Å². The number of carbonyl (C=O) groups excluding carboxylic acids is 1. The van der Waals surface area contributed by atoms with Crippen LogP contribution in [0.5, 0.6) is 5.75 Å². The summed E-state index contributed by atoms with van der Waals surface area (Å²) in [5.74, 6) is 1.43. The lowest BCUT2D eigenvalue weighted by Crippen LogP contribution is -2.43. The topological polar surface area (TPSA) is 103 Å². The van der Waals surface area contributed by atoms with Gasteiger partial charge in [0.1, 0.15) is 5.75 Å². The minimum absolute atomic E-state index is 0.0187. The van der Waals surface area contributed by atoms with Crippen molar-refractivity contribution in [3.8, 4) is 5.75 Å². The molecule has 212 valence electrons. The van der Waals surface area contributed by atoms with Gasteiger partial charge >= 0.3 is 0 Å². The Labute approximate surface area is 224 Å². The summed E-state index contributed by atoms with van der Waals surface area (Å²) in [6, 6.07) is 6.00. The molecule has 0 aromatic heterocycles. The van der Waals surface area contributed by atoms with Crippen molar-refractivity contribution in [1.29, 1.82) is 0 Å². The summed E-state index contributed by atoms with van der Waals surface area (Å²) in [7, 11) is 1.70.